The molecule has 1 atom stereocenters. The highest BCUT2D eigenvalue weighted by molar-refractivity contribution is 5.91. The number of aryl methyl sites for hydroxylation is 1. The summed E-state index contributed by atoms with van der Waals surface area (Å²) in [5.74, 6) is 0.165. The molecule has 0 aliphatic rings. The number of nitrogens with one attached hydrogen (secondary N) is 1. The normalized spacial score (nSPS) is 11.9. The van der Waals surface area contributed by atoms with Crippen molar-refractivity contribution in [1.29, 1.82) is 0 Å². The van der Waals surface area contributed by atoms with E-state index in [-0.39, 0.29) is 11.9 Å². The van der Waals surface area contributed by atoms with Crippen LogP contribution in [0.2, 0.25) is 0 Å². The van der Waals surface area contributed by atoms with Crippen molar-refractivity contribution >= 4 is 11.7 Å². The molecule has 0 saturated heterocycles. The Labute approximate surface area is 174 Å². The summed E-state index contributed by atoms with van der Waals surface area (Å²) in [6.07, 6.45) is 7.12. The number of primary amides is 1. The molecule has 2 aromatic rings. The first kappa shape index (κ1) is 22.8. The molecule has 5 heteroatoms. The zero-order valence-electron chi connectivity index (χ0n) is 17.7. The standard InChI is InChI=1S/C24H35N3O2/c1-3-5-7-19-9-11-20(12-10-19)17-18-26-23(8-6-4-2)27(24(25)29)21-13-15-22(28)16-14-21/h9-16,23,26,28H,3-8,17-18H2,1-2H3,(H2,25,29). The Balaban J connectivity index is 2.01. The number of unbranched alkanes of at least 4 members (excludes halogenated alkanes) is 2. The highest BCUT2D eigenvalue weighted by Gasteiger charge is 2.22. The average Bonchev–Trinajstić information content (AvgIpc) is 2.72. The molecule has 0 radical (unpaired) electrons. The van der Waals surface area contributed by atoms with Crippen LogP contribution in [0.5, 0.6) is 5.75 Å². The van der Waals surface area contributed by atoms with Crippen LogP contribution in [0.3, 0.4) is 0 Å². The van der Waals surface area contributed by atoms with Crippen LogP contribution in [-0.4, -0.2) is 23.8 Å². The van der Waals surface area contributed by atoms with Crippen LogP contribution in [-0.2, 0) is 12.8 Å². The second-order valence-corrected chi connectivity index (χ2v) is 7.51. The average molecular weight is 398 g/mol. The number of hydrogen-bond acceptors (Lipinski definition) is 3. The molecule has 2 rings (SSSR count). The summed E-state index contributed by atoms with van der Waals surface area (Å²) in [6.45, 7) is 5.10. The second kappa shape index (κ2) is 12.1. The Morgan fingerprint density at radius 2 is 1.55 bits per heavy atom. The number of urea groups is 1. The Bertz CT molecular complexity index is 729. The Kier molecular flexibility index (Phi) is 9.51. The van der Waals surface area contributed by atoms with Gasteiger partial charge in [0, 0.05) is 12.2 Å². The Morgan fingerprint density at radius 1 is 0.966 bits per heavy atom. The number of nitrogens with two attached hydrogens (primary N) is 1. The molecule has 0 bridgehead atoms. The molecule has 2 amide bonds. The molecule has 0 aliphatic carbocycles. The van der Waals surface area contributed by atoms with E-state index in [0.717, 1.165) is 38.6 Å². The van der Waals surface area contributed by atoms with E-state index in [9.17, 15) is 9.90 Å². The highest BCUT2D eigenvalue weighted by Crippen LogP contribution is 2.22. The van der Waals surface area contributed by atoms with Gasteiger partial charge in [-0.15, -0.1) is 0 Å². The Hall–Kier alpha value is -2.53. The van der Waals surface area contributed by atoms with E-state index in [2.05, 4.69) is 43.4 Å². The molecular weight excluding hydrogens is 362 g/mol. The van der Waals surface area contributed by atoms with Crippen molar-refractivity contribution < 1.29 is 9.90 Å². The van der Waals surface area contributed by atoms with Gasteiger partial charge in [-0.3, -0.25) is 10.2 Å². The number of hydrogen-bond donors (Lipinski definition) is 3. The lowest BCUT2D eigenvalue weighted by atomic mass is 10.0. The molecule has 0 heterocycles. The van der Waals surface area contributed by atoms with Gasteiger partial charge in [-0.05, 0) is 61.1 Å². The molecule has 0 aliphatic heterocycles. The van der Waals surface area contributed by atoms with E-state index in [4.69, 9.17) is 5.73 Å². The van der Waals surface area contributed by atoms with E-state index in [1.165, 1.54) is 24.0 Å². The Morgan fingerprint density at radius 3 is 2.10 bits per heavy atom. The summed E-state index contributed by atoms with van der Waals surface area (Å²) in [4.78, 5) is 13.8. The smallest absolute Gasteiger partial charge is 0.320 e. The summed E-state index contributed by atoms with van der Waals surface area (Å²) >= 11 is 0. The SMILES string of the molecule is CCCCc1ccc(CCNC(CCCC)N(C(N)=O)c2ccc(O)cc2)cc1. The van der Waals surface area contributed by atoms with Gasteiger partial charge in [0.05, 0.1) is 6.17 Å². The summed E-state index contributed by atoms with van der Waals surface area (Å²) in [6, 6.07) is 14.9. The molecule has 0 fully saturated rings. The van der Waals surface area contributed by atoms with Gasteiger partial charge in [-0.2, -0.15) is 0 Å². The molecule has 0 aromatic heterocycles. The third-order valence-corrected chi connectivity index (χ3v) is 5.14. The minimum Gasteiger partial charge on any atom is -0.508 e. The minimum absolute atomic E-state index is 0.165. The topological polar surface area (TPSA) is 78.6 Å². The third kappa shape index (κ3) is 7.42. The first-order chi connectivity index (χ1) is 14.0. The molecule has 158 valence electrons. The maximum atomic E-state index is 12.2. The number of nitrogens with zero attached hydrogens (tertiary/aromatic N) is 1. The molecule has 29 heavy (non-hydrogen) atoms. The molecule has 4 N–H and O–H groups in total. The number of benzene rings is 2. The predicted octanol–water partition coefficient (Wildman–Crippen LogP) is 4.97. The molecule has 1 unspecified atom stereocenters. The number of aromatic hydroxyl groups is 1. The van der Waals surface area contributed by atoms with Crippen LogP contribution >= 0.6 is 0 Å². The number of phenols is 1. The molecule has 5 nitrogen and oxygen atoms in total. The molecule has 0 saturated carbocycles. The summed E-state index contributed by atoms with van der Waals surface area (Å²) in [5, 5.41) is 13.1. The van der Waals surface area contributed by atoms with Crippen LogP contribution in [0.4, 0.5) is 10.5 Å². The summed E-state index contributed by atoms with van der Waals surface area (Å²) < 4.78 is 0. The summed E-state index contributed by atoms with van der Waals surface area (Å²) in [7, 11) is 0. The van der Waals surface area contributed by atoms with Gasteiger partial charge < -0.3 is 10.8 Å². The van der Waals surface area contributed by atoms with Crippen molar-refractivity contribution in [2.24, 2.45) is 5.73 Å². The van der Waals surface area contributed by atoms with Crippen LogP contribution < -0.4 is 16.0 Å². The number of amides is 2. The van der Waals surface area contributed by atoms with Gasteiger partial charge in [0.2, 0.25) is 0 Å². The fraction of sp³-hybridized carbons (Fsp3) is 0.458. The van der Waals surface area contributed by atoms with Crippen molar-refractivity contribution in [3.05, 3.63) is 59.7 Å². The zero-order valence-corrected chi connectivity index (χ0v) is 17.7. The van der Waals surface area contributed by atoms with E-state index in [1.54, 1.807) is 29.2 Å². The number of carbonyl (C=O) groups excluding carboxylic acids is 1. The number of anilines is 1. The van der Waals surface area contributed by atoms with E-state index < -0.39 is 6.03 Å². The quantitative estimate of drug-likeness (QED) is 0.443. The summed E-state index contributed by atoms with van der Waals surface area (Å²) in [5.41, 5.74) is 9.05. The lowest BCUT2D eigenvalue weighted by Gasteiger charge is -2.31. The van der Waals surface area contributed by atoms with Gasteiger partial charge in [-0.1, -0.05) is 57.4 Å². The van der Waals surface area contributed by atoms with E-state index >= 15 is 0 Å². The van der Waals surface area contributed by atoms with E-state index in [0.29, 0.717) is 5.69 Å². The van der Waals surface area contributed by atoms with Crippen molar-refractivity contribution in [2.45, 2.75) is 65.0 Å². The highest BCUT2D eigenvalue weighted by atomic mass is 16.3. The number of carbonyl (C=O) groups is 1. The maximum Gasteiger partial charge on any atom is 0.320 e. The lowest BCUT2D eigenvalue weighted by Crippen LogP contribution is -2.51. The number of phenolic OH excluding ortho intramolecular Hbond substituents is 1. The fourth-order valence-electron chi connectivity index (χ4n) is 3.43. The molecular formula is C24H35N3O2. The van der Waals surface area contributed by atoms with Gasteiger partial charge in [0.25, 0.3) is 0 Å². The minimum atomic E-state index is -0.496. The van der Waals surface area contributed by atoms with Crippen molar-refractivity contribution in [1.82, 2.24) is 5.32 Å². The maximum absolute atomic E-state index is 12.2. The third-order valence-electron chi connectivity index (χ3n) is 5.14. The molecule has 0 spiro atoms. The van der Waals surface area contributed by atoms with E-state index in [1.807, 2.05) is 0 Å². The van der Waals surface area contributed by atoms with Crippen LogP contribution in [0, 0.1) is 0 Å². The van der Waals surface area contributed by atoms with Gasteiger partial charge >= 0.3 is 6.03 Å². The van der Waals surface area contributed by atoms with Gasteiger partial charge in [-0.25, -0.2) is 4.79 Å². The van der Waals surface area contributed by atoms with Crippen LogP contribution in [0.25, 0.3) is 0 Å². The fourth-order valence-corrected chi connectivity index (χ4v) is 3.43. The number of rotatable bonds is 12. The van der Waals surface area contributed by atoms with Crippen molar-refractivity contribution in [3.8, 4) is 5.75 Å². The van der Waals surface area contributed by atoms with Crippen molar-refractivity contribution in [3.63, 3.8) is 0 Å². The largest absolute Gasteiger partial charge is 0.508 e. The van der Waals surface area contributed by atoms with Crippen LogP contribution in [0.1, 0.15) is 57.1 Å². The second-order valence-electron chi connectivity index (χ2n) is 7.51. The lowest BCUT2D eigenvalue weighted by molar-refractivity contribution is 0.249. The first-order valence-electron chi connectivity index (χ1n) is 10.7. The monoisotopic (exact) mass is 397 g/mol. The predicted molar refractivity (Wildman–Crippen MR) is 120 cm³/mol. The molecule has 2 aromatic carbocycles. The van der Waals surface area contributed by atoms with Crippen LogP contribution in [0.15, 0.2) is 48.5 Å². The van der Waals surface area contributed by atoms with Crippen molar-refractivity contribution in [2.75, 3.05) is 11.4 Å². The zero-order chi connectivity index (χ0) is 21.1. The first-order valence-corrected chi connectivity index (χ1v) is 10.7. The van der Waals surface area contributed by atoms with Gasteiger partial charge in [0.15, 0.2) is 0 Å². The van der Waals surface area contributed by atoms with Gasteiger partial charge in [0.1, 0.15) is 5.75 Å².